The molecular weight excluding hydrogens is 371 g/mol. The SMILES string of the molecule is C[C@H](c1nnc(SCc2ccccc2)n1-c1ccc(F)cc1)N1CCCCC1. The van der Waals surface area contributed by atoms with Gasteiger partial charge in [-0.25, -0.2) is 4.39 Å². The van der Waals surface area contributed by atoms with Gasteiger partial charge in [-0.05, 0) is 62.7 Å². The van der Waals surface area contributed by atoms with Gasteiger partial charge in [-0.15, -0.1) is 10.2 Å². The lowest BCUT2D eigenvalue weighted by molar-refractivity contribution is 0.167. The molecule has 1 aliphatic heterocycles. The Morgan fingerprint density at radius 2 is 1.68 bits per heavy atom. The zero-order chi connectivity index (χ0) is 19.3. The lowest BCUT2D eigenvalue weighted by atomic mass is 10.1. The molecule has 1 aromatic heterocycles. The number of hydrogen-bond donors (Lipinski definition) is 0. The topological polar surface area (TPSA) is 34.0 Å². The van der Waals surface area contributed by atoms with Crippen LogP contribution in [0.3, 0.4) is 0 Å². The van der Waals surface area contributed by atoms with Gasteiger partial charge < -0.3 is 0 Å². The largest absolute Gasteiger partial charge is 0.294 e. The van der Waals surface area contributed by atoms with Crippen LogP contribution < -0.4 is 0 Å². The van der Waals surface area contributed by atoms with E-state index in [0.717, 1.165) is 35.5 Å². The van der Waals surface area contributed by atoms with E-state index < -0.39 is 0 Å². The van der Waals surface area contributed by atoms with E-state index in [4.69, 9.17) is 0 Å². The van der Waals surface area contributed by atoms with Crippen molar-refractivity contribution in [3.63, 3.8) is 0 Å². The quantitative estimate of drug-likeness (QED) is 0.533. The summed E-state index contributed by atoms with van der Waals surface area (Å²) in [5.41, 5.74) is 2.15. The number of halogens is 1. The zero-order valence-electron chi connectivity index (χ0n) is 16.1. The molecule has 4 rings (SSSR count). The van der Waals surface area contributed by atoms with E-state index >= 15 is 0 Å². The molecule has 146 valence electrons. The van der Waals surface area contributed by atoms with Crippen LogP contribution >= 0.6 is 11.8 Å². The van der Waals surface area contributed by atoms with Crippen molar-refractivity contribution in [2.75, 3.05) is 13.1 Å². The highest BCUT2D eigenvalue weighted by Gasteiger charge is 2.25. The molecule has 1 atom stereocenters. The van der Waals surface area contributed by atoms with Crippen molar-refractivity contribution in [2.45, 2.75) is 43.1 Å². The van der Waals surface area contributed by atoms with Crippen molar-refractivity contribution in [3.8, 4) is 5.69 Å². The maximum atomic E-state index is 13.5. The Balaban J connectivity index is 1.65. The number of rotatable bonds is 6. The molecule has 28 heavy (non-hydrogen) atoms. The van der Waals surface area contributed by atoms with E-state index in [0.29, 0.717) is 0 Å². The molecule has 0 saturated carbocycles. The summed E-state index contributed by atoms with van der Waals surface area (Å²) in [6.45, 7) is 4.37. The van der Waals surface area contributed by atoms with E-state index in [2.05, 4.69) is 38.7 Å². The highest BCUT2D eigenvalue weighted by molar-refractivity contribution is 7.98. The van der Waals surface area contributed by atoms with Crippen molar-refractivity contribution in [3.05, 3.63) is 71.8 Å². The minimum Gasteiger partial charge on any atom is -0.294 e. The molecule has 2 aromatic carbocycles. The third-order valence-electron chi connectivity index (χ3n) is 5.27. The molecule has 0 amide bonds. The average molecular weight is 397 g/mol. The number of thioether (sulfide) groups is 1. The summed E-state index contributed by atoms with van der Waals surface area (Å²) in [6, 6.07) is 17.1. The van der Waals surface area contributed by atoms with Crippen molar-refractivity contribution >= 4 is 11.8 Å². The monoisotopic (exact) mass is 396 g/mol. The van der Waals surface area contributed by atoms with Crippen LogP contribution in [0.4, 0.5) is 4.39 Å². The summed E-state index contributed by atoms with van der Waals surface area (Å²) in [6.07, 6.45) is 3.75. The fraction of sp³-hybridized carbons (Fsp3) is 0.364. The van der Waals surface area contributed by atoms with Crippen molar-refractivity contribution < 1.29 is 4.39 Å². The fourth-order valence-corrected chi connectivity index (χ4v) is 4.58. The van der Waals surface area contributed by atoms with E-state index in [1.54, 1.807) is 23.9 Å². The van der Waals surface area contributed by atoms with Gasteiger partial charge in [0, 0.05) is 11.4 Å². The number of piperidine rings is 1. The van der Waals surface area contributed by atoms with Crippen LogP contribution in [0.5, 0.6) is 0 Å². The van der Waals surface area contributed by atoms with E-state index in [9.17, 15) is 4.39 Å². The second kappa shape index (κ2) is 8.88. The van der Waals surface area contributed by atoms with Crippen LogP contribution in [0.15, 0.2) is 59.8 Å². The number of benzene rings is 2. The Bertz CT molecular complexity index is 889. The minimum atomic E-state index is -0.235. The number of hydrogen-bond acceptors (Lipinski definition) is 4. The molecule has 0 N–H and O–H groups in total. The van der Waals surface area contributed by atoms with Gasteiger partial charge >= 0.3 is 0 Å². The first-order chi connectivity index (χ1) is 13.7. The van der Waals surface area contributed by atoms with Gasteiger partial charge in [0.05, 0.1) is 6.04 Å². The smallest absolute Gasteiger partial charge is 0.196 e. The lowest BCUT2D eigenvalue weighted by Gasteiger charge is -2.31. The highest BCUT2D eigenvalue weighted by atomic mass is 32.2. The van der Waals surface area contributed by atoms with Crippen molar-refractivity contribution in [1.29, 1.82) is 0 Å². The Hall–Kier alpha value is -2.18. The Morgan fingerprint density at radius 3 is 2.39 bits per heavy atom. The molecule has 0 radical (unpaired) electrons. The predicted octanol–water partition coefficient (Wildman–Crippen LogP) is 5.25. The normalized spacial score (nSPS) is 16.2. The van der Waals surface area contributed by atoms with Gasteiger partial charge in [-0.2, -0.15) is 0 Å². The Kier molecular flexibility index (Phi) is 6.07. The predicted molar refractivity (Wildman–Crippen MR) is 111 cm³/mol. The highest BCUT2D eigenvalue weighted by Crippen LogP contribution is 2.30. The fourth-order valence-electron chi connectivity index (χ4n) is 3.67. The van der Waals surface area contributed by atoms with Crippen LogP contribution in [0, 0.1) is 5.82 Å². The second-order valence-electron chi connectivity index (χ2n) is 7.20. The van der Waals surface area contributed by atoms with Gasteiger partial charge in [-0.3, -0.25) is 9.47 Å². The van der Waals surface area contributed by atoms with Crippen LogP contribution in [0.1, 0.15) is 43.6 Å². The molecule has 1 aliphatic rings. The van der Waals surface area contributed by atoms with Crippen LogP contribution in [-0.4, -0.2) is 32.8 Å². The molecule has 0 spiro atoms. The van der Waals surface area contributed by atoms with Crippen LogP contribution in [-0.2, 0) is 5.75 Å². The maximum Gasteiger partial charge on any atom is 0.196 e. The summed E-state index contributed by atoms with van der Waals surface area (Å²) < 4.78 is 15.6. The molecule has 6 heteroatoms. The summed E-state index contributed by atoms with van der Waals surface area (Å²) in [7, 11) is 0. The minimum absolute atomic E-state index is 0.170. The standard InChI is InChI=1S/C22H25FN4S/c1-17(26-14-6-3-7-15-26)21-24-25-22(28-16-18-8-4-2-5-9-18)27(21)20-12-10-19(23)11-13-20/h2,4-5,8-13,17H,3,6-7,14-16H2,1H3/t17-/m1/s1. The van der Waals surface area contributed by atoms with Gasteiger partial charge in [0.15, 0.2) is 11.0 Å². The lowest BCUT2D eigenvalue weighted by Crippen LogP contribution is -2.33. The Labute approximate surface area is 169 Å². The molecule has 2 heterocycles. The van der Waals surface area contributed by atoms with Crippen LogP contribution in [0.25, 0.3) is 5.69 Å². The molecule has 3 aromatic rings. The van der Waals surface area contributed by atoms with Gasteiger partial charge in [-0.1, -0.05) is 48.5 Å². The Morgan fingerprint density at radius 1 is 0.964 bits per heavy atom. The van der Waals surface area contributed by atoms with Crippen LogP contribution in [0.2, 0.25) is 0 Å². The van der Waals surface area contributed by atoms with E-state index in [1.165, 1.54) is 37.0 Å². The number of nitrogens with zero attached hydrogens (tertiary/aromatic N) is 4. The third kappa shape index (κ3) is 4.28. The molecule has 1 saturated heterocycles. The van der Waals surface area contributed by atoms with Gasteiger partial charge in [0.25, 0.3) is 0 Å². The zero-order valence-corrected chi connectivity index (χ0v) is 16.9. The van der Waals surface area contributed by atoms with E-state index in [1.807, 2.05) is 18.2 Å². The summed E-state index contributed by atoms with van der Waals surface area (Å²) in [5, 5.41) is 9.90. The molecule has 1 fully saturated rings. The average Bonchev–Trinajstić information content (AvgIpc) is 3.17. The van der Waals surface area contributed by atoms with Crippen molar-refractivity contribution in [1.82, 2.24) is 19.7 Å². The van der Waals surface area contributed by atoms with Crippen molar-refractivity contribution in [2.24, 2.45) is 0 Å². The van der Waals surface area contributed by atoms with E-state index in [-0.39, 0.29) is 11.9 Å². The molecule has 0 unspecified atom stereocenters. The first-order valence-corrected chi connectivity index (χ1v) is 10.8. The first kappa shape index (κ1) is 19.2. The molecular formula is C22H25FN4S. The number of likely N-dealkylation sites (tertiary alicyclic amines) is 1. The maximum absolute atomic E-state index is 13.5. The summed E-state index contributed by atoms with van der Waals surface area (Å²) in [5.74, 6) is 1.50. The molecule has 4 nitrogen and oxygen atoms in total. The van der Waals surface area contributed by atoms with Gasteiger partial charge in [0.2, 0.25) is 0 Å². The molecule has 0 aliphatic carbocycles. The summed E-state index contributed by atoms with van der Waals surface area (Å²) >= 11 is 1.66. The third-order valence-corrected chi connectivity index (χ3v) is 6.27. The number of aromatic nitrogens is 3. The van der Waals surface area contributed by atoms with Gasteiger partial charge in [0.1, 0.15) is 5.82 Å². The second-order valence-corrected chi connectivity index (χ2v) is 8.14. The molecule has 0 bridgehead atoms. The summed E-state index contributed by atoms with van der Waals surface area (Å²) in [4.78, 5) is 2.47. The first-order valence-electron chi connectivity index (χ1n) is 9.84.